The number of benzene rings is 2. The summed E-state index contributed by atoms with van der Waals surface area (Å²) in [6.07, 6.45) is 1.69. The summed E-state index contributed by atoms with van der Waals surface area (Å²) < 4.78 is 5.75. The Bertz CT molecular complexity index is 938. The third kappa shape index (κ3) is 4.92. The van der Waals surface area contributed by atoms with Crippen LogP contribution in [0.25, 0.3) is 0 Å². The van der Waals surface area contributed by atoms with Crippen LogP contribution < -0.4 is 4.74 Å². The zero-order chi connectivity index (χ0) is 19.1. The van der Waals surface area contributed by atoms with Gasteiger partial charge in [-0.15, -0.1) is 0 Å². The van der Waals surface area contributed by atoms with Crippen molar-refractivity contribution in [3.63, 3.8) is 0 Å². The summed E-state index contributed by atoms with van der Waals surface area (Å²) in [5.41, 5.74) is 2.67. The SMILES string of the molecule is O=C(O)c1ccnc(/C(Cc2ccc(OCc3ccccc3)cc2)=N/O)c1. The first-order chi connectivity index (χ1) is 13.2. The summed E-state index contributed by atoms with van der Waals surface area (Å²) in [5, 5.41) is 21.7. The lowest BCUT2D eigenvalue weighted by Crippen LogP contribution is -2.09. The molecular weight excluding hydrogens is 344 g/mol. The van der Waals surface area contributed by atoms with Gasteiger partial charge in [-0.05, 0) is 35.4 Å². The minimum Gasteiger partial charge on any atom is -0.489 e. The molecule has 3 rings (SSSR count). The first-order valence-corrected chi connectivity index (χ1v) is 8.32. The van der Waals surface area contributed by atoms with E-state index in [0.29, 0.717) is 18.7 Å². The van der Waals surface area contributed by atoms with Gasteiger partial charge >= 0.3 is 5.97 Å². The highest BCUT2D eigenvalue weighted by Gasteiger charge is 2.11. The number of nitrogens with zero attached hydrogens (tertiary/aromatic N) is 2. The fourth-order valence-electron chi connectivity index (χ4n) is 2.54. The molecule has 6 heteroatoms. The van der Waals surface area contributed by atoms with Crippen LogP contribution in [0.15, 0.2) is 78.1 Å². The van der Waals surface area contributed by atoms with Gasteiger partial charge in [0.15, 0.2) is 0 Å². The molecule has 0 saturated carbocycles. The molecular formula is C21H18N2O4. The number of hydrogen-bond donors (Lipinski definition) is 2. The Balaban J connectivity index is 1.66. The van der Waals surface area contributed by atoms with Crippen molar-refractivity contribution < 1.29 is 19.8 Å². The summed E-state index contributed by atoms with van der Waals surface area (Å²) in [6, 6.07) is 20.1. The lowest BCUT2D eigenvalue weighted by atomic mass is 10.0. The van der Waals surface area contributed by atoms with Gasteiger partial charge in [-0.25, -0.2) is 4.79 Å². The molecule has 27 heavy (non-hydrogen) atoms. The van der Waals surface area contributed by atoms with E-state index in [0.717, 1.165) is 16.9 Å². The lowest BCUT2D eigenvalue weighted by molar-refractivity contribution is 0.0696. The number of hydrogen-bond acceptors (Lipinski definition) is 5. The fraction of sp³-hybridized carbons (Fsp3) is 0.0952. The molecule has 0 aliphatic carbocycles. The topological polar surface area (TPSA) is 92.0 Å². The quantitative estimate of drug-likeness (QED) is 0.379. The Labute approximate surface area is 156 Å². The van der Waals surface area contributed by atoms with Crippen molar-refractivity contribution in [2.24, 2.45) is 5.16 Å². The van der Waals surface area contributed by atoms with E-state index in [-0.39, 0.29) is 11.3 Å². The van der Waals surface area contributed by atoms with Gasteiger partial charge < -0.3 is 15.1 Å². The van der Waals surface area contributed by atoms with E-state index in [1.807, 2.05) is 54.6 Å². The second-order valence-electron chi connectivity index (χ2n) is 5.88. The predicted octanol–water partition coefficient (Wildman–Crippen LogP) is 3.78. The Hall–Kier alpha value is -3.67. The predicted molar refractivity (Wildman–Crippen MR) is 100 cm³/mol. The van der Waals surface area contributed by atoms with E-state index in [2.05, 4.69) is 10.1 Å². The van der Waals surface area contributed by atoms with Crippen molar-refractivity contribution in [3.05, 3.63) is 95.3 Å². The molecule has 136 valence electrons. The van der Waals surface area contributed by atoms with Crippen LogP contribution in [0.5, 0.6) is 5.75 Å². The molecule has 0 aliphatic heterocycles. The molecule has 0 radical (unpaired) electrons. The molecule has 1 aromatic heterocycles. The number of aromatic carboxylic acids is 1. The van der Waals surface area contributed by atoms with Crippen LogP contribution in [0.4, 0.5) is 0 Å². The van der Waals surface area contributed by atoms with Gasteiger partial charge in [0, 0.05) is 12.6 Å². The molecule has 0 fully saturated rings. The summed E-state index contributed by atoms with van der Waals surface area (Å²) in [6.45, 7) is 0.482. The highest BCUT2D eigenvalue weighted by molar-refractivity contribution is 6.01. The number of carboxylic acid groups (broad SMARTS) is 1. The zero-order valence-electron chi connectivity index (χ0n) is 14.4. The normalized spacial score (nSPS) is 11.2. The molecule has 3 aromatic rings. The molecule has 1 heterocycles. The van der Waals surface area contributed by atoms with Gasteiger partial charge in [-0.1, -0.05) is 47.6 Å². The number of ether oxygens (including phenoxy) is 1. The Kier molecular flexibility index (Phi) is 5.79. The first kappa shape index (κ1) is 18.1. The van der Waals surface area contributed by atoms with Gasteiger partial charge in [0.1, 0.15) is 18.1 Å². The van der Waals surface area contributed by atoms with E-state index in [9.17, 15) is 10.0 Å². The van der Waals surface area contributed by atoms with E-state index >= 15 is 0 Å². The average Bonchev–Trinajstić information content (AvgIpc) is 2.72. The highest BCUT2D eigenvalue weighted by atomic mass is 16.5. The first-order valence-electron chi connectivity index (χ1n) is 8.32. The van der Waals surface area contributed by atoms with Crippen LogP contribution in [-0.2, 0) is 13.0 Å². The Morgan fingerprint density at radius 3 is 2.41 bits per heavy atom. The monoisotopic (exact) mass is 362 g/mol. The lowest BCUT2D eigenvalue weighted by Gasteiger charge is -2.08. The molecule has 0 unspecified atom stereocenters. The molecule has 0 bridgehead atoms. The van der Waals surface area contributed by atoms with Crippen molar-refractivity contribution in [1.82, 2.24) is 4.98 Å². The Morgan fingerprint density at radius 1 is 1.00 bits per heavy atom. The van der Waals surface area contributed by atoms with E-state index in [1.54, 1.807) is 0 Å². The molecule has 0 saturated heterocycles. The zero-order valence-corrected chi connectivity index (χ0v) is 14.4. The minimum absolute atomic E-state index is 0.0887. The minimum atomic E-state index is -1.06. The largest absolute Gasteiger partial charge is 0.489 e. The maximum Gasteiger partial charge on any atom is 0.335 e. The number of carbonyl (C=O) groups is 1. The van der Waals surface area contributed by atoms with Crippen LogP contribution in [0.1, 0.15) is 27.2 Å². The maximum atomic E-state index is 11.1. The fourth-order valence-corrected chi connectivity index (χ4v) is 2.54. The second kappa shape index (κ2) is 8.62. The standard InChI is InChI=1S/C21H18N2O4/c24-21(25)17-10-11-22-19(13-17)20(23-26)12-15-6-8-18(9-7-15)27-14-16-4-2-1-3-5-16/h1-11,13,26H,12,14H2,(H,24,25)/b23-20+. The summed E-state index contributed by atoms with van der Waals surface area (Å²) in [4.78, 5) is 15.2. The molecule has 0 aliphatic rings. The summed E-state index contributed by atoms with van der Waals surface area (Å²) in [5.74, 6) is -0.327. The number of rotatable bonds is 7. The average molecular weight is 362 g/mol. The number of aromatic nitrogens is 1. The van der Waals surface area contributed by atoms with Crippen LogP contribution >= 0.6 is 0 Å². The van der Waals surface area contributed by atoms with Crippen molar-refractivity contribution >= 4 is 11.7 Å². The highest BCUT2D eigenvalue weighted by Crippen LogP contribution is 2.16. The van der Waals surface area contributed by atoms with E-state index in [1.165, 1.54) is 18.3 Å². The molecule has 2 aromatic carbocycles. The third-order valence-electron chi connectivity index (χ3n) is 3.97. The van der Waals surface area contributed by atoms with Gasteiger partial charge in [0.05, 0.1) is 11.3 Å². The summed E-state index contributed by atoms with van der Waals surface area (Å²) in [7, 11) is 0. The van der Waals surface area contributed by atoms with Gasteiger partial charge in [0.25, 0.3) is 0 Å². The third-order valence-corrected chi connectivity index (χ3v) is 3.97. The van der Waals surface area contributed by atoms with E-state index < -0.39 is 5.97 Å². The van der Waals surface area contributed by atoms with E-state index in [4.69, 9.17) is 9.84 Å². The Morgan fingerprint density at radius 2 is 1.74 bits per heavy atom. The van der Waals surface area contributed by atoms with Crippen LogP contribution in [0, 0.1) is 0 Å². The molecule has 0 amide bonds. The maximum absolute atomic E-state index is 11.1. The van der Waals surface area contributed by atoms with Gasteiger partial charge in [-0.2, -0.15) is 0 Å². The van der Waals surface area contributed by atoms with Crippen LogP contribution in [0.3, 0.4) is 0 Å². The number of oxime groups is 1. The smallest absolute Gasteiger partial charge is 0.335 e. The molecule has 0 spiro atoms. The molecule has 2 N–H and O–H groups in total. The number of carboxylic acids is 1. The van der Waals surface area contributed by atoms with Crippen molar-refractivity contribution in [3.8, 4) is 5.75 Å². The summed E-state index contributed by atoms with van der Waals surface area (Å²) >= 11 is 0. The van der Waals surface area contributed by atoms with Crippen molar-refractivity contribution in [2.75, 3.05) is 0 Å². The van der Waals surface area contributed by atoms with Crippen LogP contribution in [0.2, 0.25) is 0 Å². The molecule has 0 atom stereocenters. The van der Waals surface area contributed by atoms with Crippen LogP contribution in [-0.4, -0.2) is 27.0 Å². The van der Waals surface area contributed by atoms with Crippen molar-refractivity contribution in [1.29, 1.82) is 0 Å². The van der Waals surface area contributed by atoms with Crippen molar-refractivity contribution in [2.45, 2.75) is 13.0 Å². The van der Waals surface area contributed by atoms with Gasteiger partial charge in [0.2, 0.25) is 0 Å². The van der Waals surface area contributed by atoms with Gasteiger partial charge in [-0.3, -0.25) is 4.98 Å². The molecule has 6 nitrogen and oxygen atoms in total. The number of pyridine rings is 1. The second-order valence-corrected chi connectivity index (χ2v) is 5.88.